The second kappa shape index (κ2) is 3.25. The molecule has 0 unspecified atom stereocenters. The molecule has 0 aromatic heterocycles. The zero-order valence-electron chi connectivity index (χ0n) is 9.14. The maximum Gasteiger partial charge on any atom is 0.0229 e. The van der Waals surface area contributed by atoms with Crippen LogP contribution < -0.4 is 5.32 Å². The third-order valence-corrected chi connectivity index (χ3v) is 3.40. The summed E-state index contributed by atoms with van der Waals surface area (Å²) < 4.78 is 0. The summed E-state index contributed by atoms with van der Waals surface area (Å²) in [7, 11) is 0. The summed E-state index contributed by atoms with van der Waals surface area (Å²) in [6.45, 7) is 9.46. The van der Waals surface area contributed by atoms with Crippen molar-refractivity contribution in [3.8, 4) is 0 Å². The summed E-state index contributed by atoms with van der Waals surface area (Å²) in [6.07, 6.45) is 4.21. The summed E-state index contributed by atoms with van der Waals surface area (Å²) in [5.41, 5.74) is 0.359. The molecule has 2 rings (SSSR count). The molecule has 2 aliphatic rings. The van der Waals surface area contributed by atoms with E-state index in [4.69, 9.17) is 0 Å². The van der Waals surface area contributed by atoms with Gasteiger partial charge in [-0.1, -0.05) is 6.42 Å². The highest BCUT2D eigenvalue weighted by molar-refractivity contribution is 4.97. The third kappa shape index (κ3) is 1.75. The summed E-state index contributed by atoms with van der Waals surface area (Å²) in [4.78, 5) is 2.74. The topological polar surface area (TPSA) is 15.3 Å². The van der Waals surface area contributed by atoms with E-state index in [0.717, 1.165) is 12.1 Å². The number of rotatable bonds is 0. The van der Waals surface area contributed by atoms with Gasteiger partial charge in [-0.05, 0) is 33.6 Å². The standard InChI is InChI=1S/C11H22N2/c1-11(2,3)13-9-5-4-6-10(13)8-12-7-9/h9-10,12H,4-8H2,1-3H3/t9-,10-/m0/s1. The molecule has 13 heavy (non-hydrogen) atoms. The molecular formula is C11H22N2. The fourth-order valence-corrected chi connectivity index (χ4v) is 3.08. The smallest absolute Gasteiger partial charge is 0.0229 e. The first-order valence-corrected chi connectivity index (χ1v) is 5.58. The maximum atomic E-state index is 3.55. The minimum Gasteiger partial charge on any atom is -0.314 e. The molecule has 0 saturated carbocycles. The van der Waals surface area contributed by atoms with Crippen LogP contribution in [0.2, 0.25) is 0 Å². The van der Waals surface area contributed by atoms with Crippen molar-refractivity contribution in [3.63, 3.8) is 0 Å². The number of piperidine rings is 1. The molecule has 2 fully saturated rings. The fourth-order valence-electron chi connectivity index (χ4n) is 3.08. The summed E-state index contributed by atoms with van der Waals surface area (Å²) in [6, 6.07) is 1.60. The highest BCUT2D eigenvalue weighted by atomic mass is 15.3. The van der Waals surface area contributed by atoms with E-state index in [1.807, 2.05) is 0 Å². The van der Waals surface area contributed by atoms with Crippen molar-refractivity contribution >= 4 is 0 Å². The first kappa shape index (κ1) is 9.47. The lowest BCUT2D eigenvalue weighted by Gasteiger charge is -2.53. The van der Waals surface area contributed by atoms with E-state index >= 15 is 0 Å². The van der Waals surface area contributed by atoms with Gasteiger partial charge in [-0.25, -0.2) is 0 Å². The van der Waals surface area contributed by atoms with Gasteiger partial charge in [0.25, 0.3) is 0 Å². The molecule has 2 atom stereocenters. The lowest BCUT2D eigenvalue weighted by Crippen LogP contribution is -2.65. The Morgan fingerprint density at radius 3 is 2.00 bits per heavy atom. The molecule has 76 valence electrons. The van der Waals surface area contributed by atoms with Crippen LogP contribution in [0.5, 0.6) is 0 Å². The van der Waals surface area contributed by atoms with Crippen LogP contribution in [0.3, 0.4) is 0 Å². The number of hydrogen-bond acceptors (Lipinski definition) is 2. The van der Waals surface area contributed by atoms with Crippen LogP contribution >= 0.6 is 0 Å². The molecule has 2 saturated heterocycles. The Morgan fingerprint density at radius 1 is 1.08 bits per heavy atom. The van der Waals surface area contributed by atoms with Crippen molar-refractivity contribution < 1.29 is 0 Å². The Hall–Kier alpha value is -0.0800. The fraction of sp³-hybridized carbons (Fsp3) is 1.00. The highest BCUT2D eigenvalue weighted by Crippen LogP contribution is 2.31. The molecule has 2 heterocycles. The van der Waals surface area contributed by atoms with Gasteiger partial charge in [-0.15, -0.1) is 0 Å². The van der Waals surface area contributed by atoms with E-state index in [1.54, 1.807) is 0 Å². The minimum atomic E-state index is 0.359. The van der Waals surface area contributed by atoms with Crippen LogP contribution in [-0.4, -0.2) is 35.6 Å². The largest absolute Gasteiger partial charge is 0.314 e. The van der Waals surface area contributed by atoms with Gasteiger partial charge in [0.1, 0.15) is 0 Å². The molecular weight excluding hydrogens is 160 g/mol. The number of hydrogen-bond donors (Lipinski definition) is 1. The van der Waals surface area contributed by atoms with Crippen molar-refractivity contribution in [3.05, 3.63) is 0 Å². The summed E-state index contributed by atoms with van der Waals surface area (Å²) in [5, 5.41) is 3.55. The number of fused-ring (bicyclic) bond motifs is 2. The number of nitrogens with one attached hydrogen (secondary N) is 1. The van der Waals surface area contributed by atoms with Crippen LogP contribution in [0.15, 0.2) is 0 Å². The van der Waals surface area contributed by atoms with E-state index < -0.39 is 0 Å². The van der Waals surface area contributed by atoms with Crippen molar-refractivity contribution in [2.75, 3.05) is 13.1 Å². The molecule has 2 bridgehead atoms. The van der Waals surface area contributed by atoms with Gasteiger partial charge in [-0.3, -0.25) is 4.90 Å². The van der Waals surface area contributed by atoms with Crippen LogP contribution in [0.1, 0.15) is 40.0 Å². The molecule has 0 aromatic rings. The van der Waals surface area contributed by atoms with Gasteiger partial charge in [0.2, 0.25) is 0 Å². The molecule has 2 heteroatoms. The number of piperazine rings is 1. The van der Waals surface area contributed by atoms with Crippen LogP contribution in [0.4, 0.5) is 0 Å². The summed E-state index contributed by atoms with van der Waals surface area (Å²) >= 11 is 0. The van der Waals surface area contributed by atoms with Crippen molar-refractivity contribution in [2.24, 2.45) is 0 Å². The predicted molar refractivity (Wildman–Crippen MR) is 55.9 cm³/mol. The van der Waals surface area contributed by atoms with Gasteiger partial charge in [0, 0.05) is 30.7 Å². The zero-order valence-corrected chi connectivity index (χ0v) is 9.14. The summed E-state index contributed by atoms with van der Waals surface area (Å²) in [5.74, 6) is 0. The molecule has 2 aliphatic heterocycles. The maximum absolute atomic E-state index is 3.55. The molecule has 2 nitrogen and oxygen atoms in total. The normalized spacial score (nSPS) is 36.2. The lowest BCUT2D eigenvalue weighted by atomic mass is 9.87. The van der Waals surface area contributed by atoms with Gasteiger partial charge in [-0.2, -0.15) is 0 Å². The molecule has 0 aliphatic carbocycles. The zero-order chi connectivity index (χ0) is 9.47. The van der Waals surface area contributed by atoms with Crippen molar-refractivity contribution in [2.45, 2.75) is 57.7 Å². The second-order valence-electron chi connectivity index (χ2n) is 5.47. The quantitative estimate of drug-likeness (QED) is 0.612. The van der Waals surface area contributed by atoms with Gasteiger partial charge in [0.05, 0.1) is 0 Å². The average molecular weight is 182 g/mol. The second-order valence-corrected chi connectivity index (χ2v) is 5.47. The Kier molecular flexibility index (Phi) is 2.37. The van der Waals surface area contributed by atoms with Gasteiger partial charge >= 0.3 is 0 Å². The first-order chi connectivity index (χ1) is 6.09. The van der Waals surface area contributed by atoms with Crippen molar-refractivity contribution in [1.82, 2.24) is 10.2 Å². The monoisotopic (exact) mass is 182 g/mol. The Bertz CT molecular complexity index is 161. The van der Waals surface area contributed by atoms with E-state index in [0.29, 0.717) is 5.54 Å². The predicted octanol–water partition coefficient (Wildman–Crippen LogP) is 1.61. The molecule has 0 amide bonds. The van der Waals surface area contributed by atoms with E-state index in [9.17, 15) is 0 Å². The first-order valence-electron chi connectivity index (χ1n) is 5.58. The third-order valence-electron chi connectivity index (χ3n) is 3.40. The number of nitrogens with zero attached hydrogens (tertiary/aromatic N) is 1. The van der Waals surface area contributed by atoms with Crippen molar-refractivity contribution in [1.29, 1.82) is 0 Å². The Labute approximate surface area is 81.7 Å². The highest BCUT2D eigenvalue weighted by Gasteiger charge is 2.39. The SMILES string of the molecule is CC(C)(C)N1[C@H]2CCC[C@H]1CNC2. The van der Waals surface area contributed by atoms with Gasteiger partial charge in [0.15, 0.2) is 0 Å². The Balaban J connectivity index is 2.15. The molecule has 0 spiro atoms. The molecule has 0 aromatic carbocycles. The van der Waals surface area contributed by atoms with Crippen LogP contribution in [-0.2, 0) is 0 Å². The van der Waals surface area contributed by atoms with Crippen LogP contribution in [0.25, 0.3) is 0 Å². The molecule has 0 radical (unpaired) electrons. The van der Waals surface area contributed by atoms with E-state index in [1.165, 1.54) is 32.4 Å². The Morgan fingerprint density at radius 2 is 1.62 bits per heavy atom. The minimum absolute atomic E-state index is 0.359. The van der Waals surface area contributed by atoms with Gasteiger partial charge < -0.3 is 5.32 Å². The van der Waals surface area contributed by atoms with E-state index in [2.05, 4.69) is 31.0 Å². The average Bonchev–Trinajstić information content (AvgIpc) is 2.01. The lowest BCUT2D eigenvalue weighted by molar-refractivity contribution is -0.0198. The molecule has 1 N–H and O–H groups in total. The van der Waals surface area contributed by atoms with E-state index in [-0.39, 0.29) is 0 Å². The van der Waals surface area contributed by atoms with Crippen LogP contribution in [0, 0.1) is 0 Å².